The van der Waals surface area contributed by atoms with E-state index in [2.05, 4.69) is 5.32 Å². The Labute approximate surface area is 148 Å². The molecule has 0 heterocycles. The molecule has 24 heavy (non-hydrogen) atoms. The molecule has 1 N–H and O–H groups in total. The topological polar surface area (TPSA) is 32.3 Å². The van der Waals surface area contributed by atoms with Crippen LogP contribution in [0.15, 0.2) is 54.6 Å². The zero-order chi connectivity index (χ0) is 17.0. The van der Waals surface area contributed by atoms with Gasteiger partial charge in [-0.3, -0.25) is 4.90 Å². The Bertz CT molecular complexity index is 681. The standard InChI is InChI=1S/C20H23ClN2O/c1-2-23(18-7-4-3-5-8-18)19(24)22-20(13-6-14-20)15-16-9-11-17(21)12-10-16/h3-5,7-12H,2,6,13-15H2,1H3,(H,22,24). The van der Waals surface area contributed by atoms with Gasteiger partial charge in [0.05, 0.1) is 0 Å². The Hall–Kier alpha value is -2.00. The van der Waals surface area contributed by atoms with Crippen LogP contribution in [0.1, 0.15) is 31.7 Å². The molecule has 0 radical (unpaired) electrons. The third kappa shape index (κ3) is 3.73. The van der Waals surface area contributed by atoms with Gasteiger partial charge in [0.25, 0.3) is 0 Å². The zero-order valence-electron chi connectivity index (χ0n) is 14.0. The van der Waals surface area contributed by atoms with Crippen LogP contribution in [0.2, 0.25) is 5.02 Å². The van der Waals surface area contributed by atoms with Crippen molar-refractivity contribution in [2.24, 2.45) is 0 Å². The van der Waals surface area contributed by atoms with Gasteiger partial charge in [0.1, 0.15) is 0 Å². The van der Waals surface area contributed by atoms with Crippen LogP contribution in [0, 0.1) is 0 Å². The quantitative estimate of drug-likeness (QED) is 0.811. The Morgan fingerprint density at radius 1 is 1.12 bits per heavy atom. The number of hydrogen-bond acceptors (Lipinski definition) is 1. The lowest BCUT2D eigenvalue weighted by Gasteiger charge is -2.44. The third-order valence-electron chi connectivity index (χ3n) is 4.77. The first-order chi connectivity index (χ1) is 11.6. The molecule has 1 aliphatic rings. The summed E-state index contributed by atoms with van der Waals surface area (Å²) in [5, 5.41) is 4.04. The second-order valence-corrected chi connectivity index (χ2v) is 6.88. The first-order valence-corrected chi connectivity index (χ1v) is 8.89. The molecule has 126 valence electrons. The third-order valence-corrected chi connectivity index (χ3v) is 5.02. The van der Waals surface area contributed by atoms with Crippen LogP contribution in [0.5, 0.6) is 0 Å². The number of rotatable bonds is 5. The van der Waals surface area contributed by atoms with Crippen molar-refractivity contribution in [1.29, 1.82) is 0 Å². The predicted octanol–water partition coefficient (Wildman–Crippen LogP) is 5.04. The molecule has 0 bridgehead atoms. The number of carbonyl (C=O) groups is 1. The molecule has 1 aliphatic carbocycles. The van der Waals surface area contributed by atoms with Crippen molar-refractivity contribution in [3.63, 3.8) is 0 Å². The SMILES string of the molecule is CCN(C(=O)NC1(Cc2ccc(Cl)cc2)CCC1)c1ccccc1. The number of halogens is 1. The summed E-state index contributed by atoms with van der Waals surface area (Å²) in [6.45, 7) is 2.64. The molecular formula is C20H23ClN2O. The van der Waals surface area contributed by atoms with Crippen LogP contribution in [-0.4, -0.2) is 18.1 Å². The van der Waals surface area contributed by atoms with E-state index in [0.717, 1.165) is 36.4 Å². The number of benzene rings is 2. The summed E-state index contributed by atoms with van der Waals surface area (Å²) in [5.74, 6) is 0. The van der Waals surface area contributed by atoms with Gasteiger partial charge in [-0.15, -0.1) is 0 Å². The fourth-order valence-electron chi connectivity index (χ4n) is 3.29. The minimum absolute atomic E-state index is 0.0163. The summed E-state index contributed by atoms with van der Waals surface area (Å²) < 4.78 is 0. The Kier molecular flexibility index (Phi) is 5.10. The second-order valence-electron chi connectivity index (χ2n) is 6.45. The van der Waals surface area contributed by atoms with E-state index in [0.29, 0.717) is 6.54 Å². The van der Waals surface area contributed by atoms with Gasteiger partial charge in [-0.2, -0.15) is 0 Å². The van der Waals surface area contributed by atoms with E-state index in [1.807, 2.05) is 61.5 Å². The average Bonchev–Trinajstić information content (AvgIpc) is 2.56. The minimum Gasteiger partial charge on any atom is -0.332 e. The van der Waals surface area contributed by atoms with Gasteiger partial charge < -0.3 is 5.32 Å². The van der Waals surface area contributed by atoms with Crippen LogP contribution in [0.25, 0.3) is 0 Å². The van der Waals surface area contributed by atoms with Gasteiger partial charge in [0.2, 0.25) is 0 Å². The molecule has 0 aromatic heterocycles. The highest BCUT2D eigenvalue weighted by molar-refractivity contribution is 6.30. The summed E-state index contributed by atoms with van der Waals surface area (Å²) in [4.78, 5) is 14.6. The highest BCUT2D eigenvalue weighted by atomic mass is 35.5. The molecular weight excluding hydrogens is 320 g/mol. The minimum atomic E-state index is -0.132. The lowest BCUT2D eigenvalue weighted by Crippen LogP contribution is -2.58. The van der Waals surface area contributed by atoms with Gasteiger partial charge in [0.15, 0.2) is 0 Å². The average molecular weight is 343 g/mol. The van der Waals surface area contributed by atoms with Crippen LogP contribution >= 0.6 is 11.6 Å². The van der Waals surface area contributed by atoms with Crippen LogP contribution < -0.4 is 10.2 Å². The van der Waals surface area contributed by atoms with E-state index in [1.165, 1.54) is 5.56 Å². The molecule has 1 fully saturated rings. The zero-order valence-corrected chi connectivity index (χ0v) is 14.7. The Morgan fingerprint density at radius 3 is 2.33 bits per heavy atom. The summed E-state index contributed by atoms with van der Waals surface area (Å²) in [6, 6.07) is 17.7. The summed E-state index contributed by atoms with van der Waals surface area (Å²) >= 11 is 5.97. The molecule has 0 spiro atoms. The number of hydrogen-bond donors (Lipinski definition) is 1. The molecule has 0 atom stereocenters. The van der Waals surface area contributed by atoms with Gasteiger partial charge in [-0.1, -0.05) is 41.9 Å². The van der Waals surface area contributed by atoms with Crippen molar-refractivity contribution < 1.29 is 4.79 Å². The van der Waals surface area contributed by atoms with Crippen molar-refractivity contribution in [3.8, 4) is 0 Å². The maximum Gasteiger partial charge on any atom is 0.322 e. The number of nitrogens with zero attached hydrogens (tertiary/aromatic N) is 1. The fourth-order valence-corrected chi connectivity index (χ4v) is 3.41. The van der Waals surface area contributed by atoms with E-state index in [9.17, 15) is 4.79 Å². The van der Waals surface area contributed by atoms with E-state index < -0.39 is 0 Å². The summed E-state index contributed by atoms with van der Waals surface area (Å²) in [7, 11) is 0. The fraction of sp³-hybridized carbons (Fsp3) is 0.350. The molecule has 0 aliphatic heterocycles. The number of nitrogens with one attached hydrogen (secondary N) is 1. The molecule has 0 saturated heterocycles. The number of urea groups is 1. The van der Waals surface area contributed by atoms with E-state index in [1.54, 1.807) is 4.90 Å². The highest BCUT2D eigenvalue weighted by Crippen LogP contribution is 2.35. The normalized spacial score (nSPS) is 15.4. The molecule has 3 rings (SSSR count). The predicted molar refractivity (Wildman–Crippen MR) is 99.7 cm³/mol. The lowest BCUT2D eigenvalue weighted by atomic mass is 9.73. The molecule has 3 nitrogen and oxygen atoms in total. The largest absolute Gasteiger partial charge is 0.332 e. The van der Waals surface area contributed by atoms with Crippen molar-refractivity contribution in [2.45, 2.75) is 38.1 Å². The van der Waals surface area contributed by atoms with Gasteiger partial charge in [-0.05, 0) is 62.4 Å². The summed E-state index contributed by atoms with van der Waals surface area (Å²) in [5.41, 5.74) is 2.01. The van der Waals surface area contributed by atoms with Crippen LogP contribution in [0.3, 0.4) is 0 Å². The van der Waals surface area contributed by atoms with Crippen LogP contribution in [-0.2, 0) is 6.42 Å². The molecule has 2 aromatic carbocycles. The Balaban J connectivity index is 1.72. The molecule has 2 amide bonds. The Morgan fingerprint density at radius 2 is 1.79 bits per heavy atom. The summed E-state index contributed by atoms with van der Waals surface area (Å²) in [6.07, 6.45) is 4.05. The molecule has 0 unspecified atom stereocenters. The van der Waals surface area contributed by atoms with Gasteiger partial charge in [-0.25, -0.2) is 4.79 Å². The molecule has 1 saturated carbocycles. The van der Waals surface area contributed by atoms with Crippen molar-refractivity contribution in [1.82, 2.24) is 5.32 Å². The molecule has 4 heteroatoms. The maximum atomic E-state index is 12.8. The first-order valence-electron chi connectivity index (χ1n) is 8.51. The van der Waals surface area contributed by atoms with Crippen LogP contribution in [0.4, 0.5) is 10.5 Å². The monoisotopic (exact) mass is 342 g/mol. The van der Waals surface area contributed by atoms with Crippen molar-refractivity contribution in [2.75, 3.05) is 11.4 Å². The number of para-hydroxylation sites is 1. The smallest absolute Gasteiger partial charge is 0.322 e. The molecule has 2 aromatic rings. The van der Waals surface area contributed by atoms with E-state index in [-0.39, 0.29) is 11.6 Å². The first kappa shape index (κ1) is 16.8. The van der Waals surface area contributed by atoms with Crippen molar-refractivity contribution >= 4 is 23.3 Å². The maximum absolute atomic E-state index is 12.8. The van der Waals surface area contributed by atoms with Gasteiger partial charge >= 0.3 is 6.03 Å². The van der Waals surface area contributed by atoms with Gasteiger partial charge in [0, 0.05) is 22.8 Å². The lowest BCUT2D eigenvalue weighted by molar-refractivity contribution is 0.180. The van der Waals surface area contributed by atoms with Crippen molar-refractivity contribution in [3.05, 3.63) is 65.2 Å². The van der Waals surface area contributed by atoms with E-state index >= 15 is 0 Å². The number of anilines is 1. The number of amides is 2. The number of carbonyl (C=O) groups excluding carboxylic acids is 1. The van der Waals surface area contributed by atoms with E-state index in [4.69, 9.17) is 11.6 Å². The second kappa shape index (κ2) is 7.27. The highest BCUT2D eigenvalue weighted by Gasteiger charge is 2.39.